The van der Waals surface area contributed by atoms with E-state index in [-0.39, 0.29) is 6.10 Å². The zero-order chi connectivity index (χ0) is 13.1. The van der Waals surface area contributed by atoms with Crippen LogP contribution in [0.4, 0.5) is 0 Å². The number of likely N-dealkylation sites (N-methyl/N-ethyl adjacent to an activating group) is 1. The van der Waals surface area contributed by atoms with Gasteiger partial charge in [0.15, 0.2) is 11.5 Å². The van der Waals surface area contributed by atoms with Gasteiger partial charge in [0, 0.05) is 26.2 Å². The van der Waals surface area contributed by atoms with Gasteiger partial charge in [-0.15, -0.1) is 0 Å². The number of ether oxygens (including phenoxy) is 3. The fourth-order valence-electron chi connectivity index (χ4n) is 2.42. The second-order valence-electron chi connectivity index (χ2n) is 5.07. The first kappa shape index (κ1) is 12.7. The molecule has 0 aliphatic carbocycles. The molecular formula is C14H20N2O3. The first-order chi connectivity index (χ1) is 9.31. The Kier molecular flexibility index (Phi) is 3.87. The van der Waals surface area contributed by atoms with Gasteiger partial charge in [0.05, 0.1) is 12.7 Å². The largest absolute Gasteiger partial charge is 0.454 e. The molecule has 5 heteroatoms. The number of nitrogens with one attached hydrogen (secondary N) is 1. The van der Waals surface area contributed by atoms with E-state index in [2.05, 4.69) is 23.3 Å². The van der Waals surface area contributed by atoms with Crippen LogP contribution in [0, 0.1) is 0 Å². The molecule has 0 bridgehead atoms. The zero-order valence-corrected chi connectivity index (χ0v) is 11.2. The van der Waals surface area contributed by atoms with E-state index in [1.54, 1.807) is 0 Å². The van der Waals surface area contributed by atoms with Gasteiger partial charge < -0.3 is 24.4 Å². The van der Waals surface area contributed by atoms with Crippen LogP contribution in [0.3, 0.4) is 0 Å². The first-order valence-corrected chi connectivity index (χ1v) is 6.70. The number of nitrogens with zero attached hydrogens (tertiary/aromatic N) is 1. The topological polar surface area (TPSA) is 43.0 Å². The van der Waals surface area contributed by atoms with Crippen molar-refractivity contribution in [3.8, 4) is 11.5 Å². The molecule has 3 rings (SSSR count). The van der Waals surface area contributed by atoms with Gasteiger partial charge in [-0.3, -0.25) is 0 Å². The lowest BCUT2D eigenvalue weighted by Gasteiger charge is -2.30. The molecule has 5 nitrogen and oxygen atoms in total. The summed E-state index contributed by atoms with van der Waals surface area (Å²) in [5.41, 5.74) is 1.20. The third-order valence-electron chi connectivity index (χ3n) is 3.48. The van der Waals surface area contributed by atoms with Crippen molar-refractivity contribution in [2.75, 3.05) is 40.1 Å². The summed E-state index contributed by atoms with van der Waals surface area (Å²) in [5.74, 6) is 1.67. The van der Waals surface area contributed by atoms with E-state index in [1.165, 1.54) is 5.56 Å². The lowest BCUT2D eigenvalue weighted by atomic mass is 10.2. The maximum Gasteiger partial charge on any atom is 0.231 e. The van der Waals surface area contributed by atoms with Gasteiger partial charge in [0.25, 0.3) is 0 Å². The summed E-state index contributed by atoms with van der Waals surface area (Å²) in [6.45, 7) is 4.87. The number of fused-ring (bicyclic) bond motifs is 1. The Morgan fingerprint density at radius 3 is 3.11 bits per heavy atom. The summed E-state index contributed by atoms with van der Waals surface area (Å²) in [6.07, 6.45) is 0.285. The molecule has 1 saturated heterocycles. The number of morpholine rings is 1. The van der Waals surface area contributed by atoms with E-state index in [1.807, 2.05) is 12.1 Å². The van der Waals surface area contributed by atoms with E-state index >= 15 is 0 Å². The Labute approximate surface area is 113 Å². The summed E-state index contributed by atoms with van der Waals surface area (Å²) in [6, 6.07) is 6.06. The lowest BCUT2D eigenvalue weighted by molar-refractivity contribution is -0.0182. The quantitative estimate of drug-likeness (QED) is 0.873. The summed E-state index contributed by atoms with van der Waals surface area (Å²) in [7, 11) is 2.13. The number of benzene rings is 1. The van der Waals surface area contributed by atoms with Crippen LogP contribution in [0.1, 0.15) is 5.56 Å². The minimum Gasteiger partial charge on any atom is -0.454 e. The highest BCUT2D eigenvalue weighted by molar-refractivity contribution is 5.44. The van der Waals surface area contributed by atoms with Crippen LogP contribution in [-0.4, -0.2) is 51.1 Å². The van der Waals surface area contributed by atoms with Crippen molar-refractivity contribution in [3.05, 3.63) is 23.8 Å². The molecule has 1 aromatic rings. The second-order valence-corrected chi connectivity index (χ2v) is 5.07. The molecule has 104 valence electrons. The monoisotopic (exact) mass is 264 g/mol. The maximum absolute atomic E-state index is 5.71. The molecule has 2 heterocycles. The minimum absolute atomic E-state index is 0.285. The highest BCUT2D eigenvalue weighted by Crippen LogP contribution is 2.32. The molecule has 1 unspecified atom stereocenters. The number of hydrogen-bond acceptors (Lipinski definition) is 5. The standard InChI is InChI=1S/C14H20N2O3/c1-16-4-5-17-12(9-16)8-15-7-11-2-3-13-14(6-11)19-10-18-13/h2-3,6,12,15H,4-5,7-10H2,1H3. The lowest BCUT2D eigenvalue weighted by Crippen LogP contribution is -2.44. The van der Waals surface area contributed by atoms with Crippen LogP contribution in [0.2, 0.25) is 0 Å². The third kappa shape index (κ3) is 3.18. The van der Waals surface area contributed by atoms with Crippen LogP contribution in [0.5, 0.6) is 11.5 Å². The Morgan fingerprint density at radius 1 is 1.32 bits per heavy atom. The van der Waals surface area contributed by atoms with Crippen molar-refractivity contribution in [2.24, 2.45) is 0 Å². The molecular weight excluding hydrogens is 244 g/mol. The van der Waals surface area contributed by atoms with Crippen molar-refractivity contribution in [1.29, 1.82) is 0 Å². The van der Waals surface area contributed by atoms with Gasteiger partial charge in [-0.25, -0.2) is 0 Å². The summed E-state index contributed by atoms with van der Waals surface area (Å²) in [5, 5.41) is 3.44. The zero-order valence-electron chi connectivity index (χ0n) is 11.2. The summed E-state index contributed by atoms with van der Waals surface area (Å²) >= 11 is 0. The molecule has 1 N–H and O–H groups in total. The molecule has 0 radical (unpaired) electrons. The highest BCUT2D eigenvalue weighted by atomic mass is 16.7. The van der Waals surface area contributed by atoms with E-state index in [9.17, 15) is 0 Å². The molecule has 0 amide bonds. The molecule has 19 heavy (non-hydrogen) atoms. The van der Waals surface area contributed by atoms with Crippen molar-refractivity contribution in [2.45, 2.75) is 12.6 Å². The fraction of sp³-hybridized carbons (Fsp3) is 0.571. The van der Waals surface area contributed by atoms with Crippen molar-refractivity contribution >= 4 is 0 Å². The SMILES string of the molecule is CN1CCOC(CNCc2ccc3c(c2)OCO3)C1. The van der Waals surface area contributed by atoms with Gasteiger partial charge >= 0.3 is 0 Å². The van der Waals surface area contributed by atoms with Crippen LogP contribution < -0.4 is 14.8 Å². The van der Waals surface area contributed by atoms with Gasteiger partial charge in [0.2, 0.25) is 6.79 Å². The Bertz CT molecular complexity index is 439. The molecule has 0 spiro atoms. The molecule has 0 saturated carbocycles. The third-order valence-corrected chi connectivity index (χ3v) is 3.48. The Morgan fingerprint density at radius 2 is 2.21 bits per heavy atom. The van der Waals surface area contributed by atoms with Crippen LogP contribution in [0.25, 0.3) is 0 Å². The van der Waals surface area contributed by atoms with Crippen LogP contribution in [-0.2, 0) is 11.3 Å². The fourth-order valence-corrected chi connectivity index (χ4v) is 2.42. The van der Waals surface area contributed by atoms with Gasteiger partial charge in [-0.05, 0) is 24.7 Å². The van der Waals surface area contributed by atoms with Crippen molar-refractivity contribution in [1.82, 2.24) is 10.2 Å². The summed E-state index contributed by atoms with van der Waals surface area (Å²) < 4.78 is 16.4. The normalized spacial score (nSPS) is 22.7. The average Bonchev–Trinajstić information content (AvgIpc) is 2.86. The molecule has 1 aromatic carbocycles. The number of hydrogen-bond donors (Lipinski definition) is 1. The molecule has 2 aliphatic heterocycles. The van der Waals surface area contributed by atoms with E-state index < -0.39 is 0 Å². The van der Waals surface area contributed by atoms with Crippen molar-refractivity contribution in [3.63, 3.8) is 0 Å². The van der Waals surface area contributed by atoms with Gasteiger partial charge in [-0.2, -0.15) is 0 Å². The van der Waals surface area contributed by atoms with Crippen LogP contribution in [0.15, 0.2) is 18.2 Å². The van der Waals surface area contributed by atoms with Crippen LogP contribution >= 0.6 is 0 Å². The maximum atomic E-state index is 5.71. The average molecular weight is 264 g/mol. The molecule has 1 atom stereocenters. The van der Waals surface area contributed by atoms with E-state index in [4.69, 9.17) is 14.2 Å². The van der Waals surface area contributed by atoms with Gasteiger partial charge in [-0.1, -0.05) is 6.07 Å². The summed E-state index contributed by atoms with van der Waals surface area (Å²) in [4.78, 5) is 2.30. The second kappa shape index (κ2) is 5.77. The first-order valence-electron chi connectivity index (χ1n) is 6.70. The predicted molar refractivity (Wildman–Crippen MR) is 71.5 cm³/mol. The predicted octanol–water partition coefficient (Wildman–Crippen LogP) is 0.835. The Hall–Kier alpha value is -1.30. The smallest absolute Gasteiger partial charge is 0.231 e. The molecule has 1 fully saturated rings. The molecule has 0 aromatic heterocycles. The molecule has 2 aliphatic rings. The van der Waals surface area contributed by atoms with E-state index in [0.717, 1.165) is 44.3 Å². The minimum atomic E-state index is 0.285. The highest BCUT2D eigenvalue weighted by Gasteiger charge is 2.17. The number of rotatable bonds is 4. The van der Waals surface area contributed by atoms with Gasteiger partial charge in [0.1, 0.15) is 0 Å². The van der Waals surface area contributed by atoms with Crippen molar-refractivity contribution < 1.29 is 14.2 Å². The Balaban J connectivity index is 1.47. The van der Waals surface area contributed by atoms with E-state index in [0.29, 0.717) is 6.79 Å².